The molecule has 0 bridgehead atoms. The van der Waals surface area contributed by atoms with Crippen molar-refractivity contribution in [2.24, 2.45) is 4.99 Å². The first-order valence-corrected chi connectivity index (χ1v) is 9.49. The Labute approximate surface area is 166 Å². The number of phenols is 1. The molecule has 1 saturated heterocycles. The Balaban J connectivity index is 2.45. The van der Waals surface area contributed by atoms with E-state index in [1.54, 1.807) is 0 Å². The third-order valence-corrected chi connectivity index (χ3v) is 5.07. The number of aromatic hydroxyl groups is 1. The predicted molar refractivity (Wildman–Crippen MR) is 107 cm³/mol. The van der Waals surface area contributed by atoms with Crippen molar-refractivity contribution in [3.8, 4) is 5.75 Å². The minimum atomic E-state index is -1.48. The van der Waals surface area contributed by atoms with Gasteiger partial charge in [-0.3, -0.25) is 4.99 Å². The number of phenolic OH excluding ortho intramolecular Hbond substituents is 1. The molecule has 1 fully saturated rings. The molecule has 0 aliphatic carbocycles. The highest BCUT2D eigenvalue weighted by Crippen LogP contribution is 2.37. The molecule has 158 valence electrons. The summed E-state index contributed by atoms with van der Waals surface area (Å²) in [6.45, 7) is 11.7. The van der Waals surface area contributed by atoms with Crippen molar-refractivity contribution in [2.75, 3.05) is 6.61 Å². The lowest BCUT2D eigenvalue weighted by molar-refractivity contribution is -0.248. The number of aliphatic hydroxyl groups excluding tert-OH is 4. The largest absolute Gasteiger partial charge is 0.507 e. The molecule has 0 saturated carbocycles. The van der Waals surface area contributed by atoms with Gasteiger partial charge in [0, 0.05) is 17.3 Å². The van der Waals surface area contributed by atoms with E-state index >= 15 is 0 Å². The maximum Gasteiger partial charge on any atom is 0.180 e. The van der Waals surface area contributed by atoms with Gasteiger partial charge in [-0.2, -0.15) is 0 Å². The van der Waals surface area contributed by atoms with Gasteiger partial charge in [-0.15, -0.1) is 0 Å². The van der Waals surface area contributed by atoms with E-state index < -0.39 is 37.3 Å². The maximum absolute atomic E-state index is 10.8. The van der Waals surface area contributed by atoms with E-state index in [2.05, 4.69) is 25.8 Å². The zero-order valence-electron chi connectivity index (χ0n) is 17.4. The summed E-state index contributed by atoms with van der Waals surface area (Å²) < 4.78 is 5.12. The second-order valence-corrected chi connectivity index (χ2v) is 9.46. The lowest BCUT2D eigenvalue weighted by atomic mass is 9.79. The Morgan fingerprint density at radius 2 is 1.61 bits per heavy atom. The van der Waals surface area contributed by atoms with Gasteiger partial charge in [0.15, 0.2) is 6.29 Å². The van der Waals surface area contributed by atoms with E-state index in [-0.39, 0.29) is 16.6 Å². The molecular weight excluding hydrogens is 362 g/mol. The molecule has 28 heavy (non-hydrogen) atoms. The molecular formula is C21H33NO6. The quantitative estimate of drug-likeness (QED) is 0.490. The summed E-state index contributed by atoms with van der Waals surface area (Å²) >= 11 is 0. The van der Waals surface area contributed by atoms with Crippen LogP contribution < -0.4 is 0 Å². The van der Waals surface area contributed by atoms with Crippen LogP contribution in [0.2, 0.25) is 0 Å². The Kier molecular flexibility index (Phi) is 6.57. The first-order chi connectivity index (χ1) is 12.8. The van der Waals surface area contributed by atoms with Crippen molar-refractivity contribution < 1.29 is 30.3 Å². The van der Waals surface area contributed by atoms with Gasteiger partial charge in [0.1, 0.15) is 30.1 Å². The Morgan fingerprint density at radius 1 is 1.00 bits per heavy atom. The highest BCUT2D eigenvalue weighted by atomic mass is 16.6. The molecule has 0 radical (unpaired) electrons. The van der Waals surface area contributed by atoms with E-state index in [0.29, 0.717) is 5.56 Å². The molecule has 0 amide bonds. The van der Waals surface area contributed by atoms with Gasteiger partial charge in [-0.1, -0.05) is 47.6 Å². The van der Waals surface area contributed by atoms with Crippen LogP contribution in [0.4, 0.5) is 0 Å². The first kappa shape index (κ1) is 22.8. The SMILES string of the molecule is CC(C)(C)c1cc(C=NC2C(O)[C@H](O)[C@H](CO)O[C@H]2O)c(O)c(C(C)(C)C)c1. The molecule has 1 aromatic rings. The molecule has 1 heterocycles. The average molecular weight is 395 g/mol. The monoisotopic (exact) mass is 395 g/mol. The van der Waals surface area contributed by atoms with E-state index in [4.69, 9.17) is 9.84 Å². The summed E-state index contributed by atoms with van der Waals surface area (Å²) in [5.41, 5.74) is 1.77. The van der Waals surface area contributed by atoms with Gasteiger partial charge in [-0.05, 0) is 22.5 Å². The molecule has 7 heteroatoms. The molecule has 2 unspecified atom stereocenters. The first-order valence-electron chi connectivity index (χ1n) is 9.49. The lowest BCUT2D eigenvalue weighted by Gasteiger charge is -2.38. The third-order valence-electron chi connectivity index (χ3n) is 5.07. The summed E-state index contributed by atoms with van der Waals surface area (Å²) in [6, 6.07) is 2.66. The van der Waals surface area contributed by atoms with Crippen LogP contribution in [0.15, 0.2) is 17.1 Å². The summed E-state index contributed by atoms with van der Waals surface area (Å²) in [6.07, 6.45) is -3.97. The number of ether oxygens (including phenoxy) is 1. The normalized spacial score (nSPS) is 29.4. The van der Waals surface area contributed by atoms with Crippen LogP contribution in [0.3, 0.4) is 0 Å². The van der Waals surface area contributed by atoms with Crippen LogP contribution in [0.5, 0.6) is 5.75 Å². The second kappa shape index (κ2) is 8.08. The lowest BCUT2D eigenvalue weighted by Crippen LogP contribution is -2.57. The van der Waals surface area contributed by atoms with Crippen LogP contribution in [-0.4, -0.2) is 69.0 Å². The maximum atomic E-state index is 10.8. The Bertz CT molecular complexity index is 719. The third kappa shape index (κ3) is 4.72. The van der Waals surface area contributed by atoms with E-state index in [0.717, 1.165) is 11.1 Å². The van der Waals surface area contributed by atoms with Gasteiger partial charge >= 0.3 is 0 Å². The highest BCUT2D eigenvalue weighted by Gasteiger charge is 2.43. The zero-order valence-corrected chi connectivity index (χ0v) is 17.4. The fourth-order valence-electron chi connectivity index (χ4n) is 3.17. The molecule has 7 nitrogen and oxygen atoms in total. The molecule has 5 atom stereocenters. The number of benzene rings is 1. The van der Waals surface area contributed by atoms with Crippen molar-refractivity contribution >= 4 is 6.21 Å². The fourth-order valence-corrected chi connectivity index (χ4v) is 3.17. The highest BCUT2D eigenvalue weighted by molar-refractivity contribution is 5.85. The van der Waals surface area contributed by atoms with Gasteiger partial charge < -0.3 is 30.3 Å². The van der Waals surface area contributed by atoms with Crippen LogP contribution >= 0.6 is 0 Å². The Hall–Kier alpha value is -1.51. The van der Waals surface area contributed by atoms with E-state index in [9.17, 15) is 20.4 Å². The number of hydrogen-bond donors (Lipinski definition) is 5. The van der Waals surface area contributed by atoms with Crippen molar-refractivity contribution in [3.63, 3.8) is 0 Å². The summed E-state index contributed by atoms with van der Waals surface area (Å²) in [7, 11) is 0. The number of aliphatic imine (C=N–C) groups is 1. The number of aliphatic hydroxyl groups is 4. The molecule has 1 aliphatic rings. The fraction of sp³-hybridized carbons (Fsp3) is 0.667. The summed E-state index contributed by atoms with van der Waals surface area (Å²) in [5, 5.41) is 50.3. The molecule has 1 aromatic carbocycles. The number of rotatable bonds is 3. The van der Waals surface area contributed by atoms with Crippen LogP contribution in [0.25, 0.3) is 0 Å². The summed E-state index contributed by atoms with van der Waals surface area (Å²) in [5.74, 6) is 0.0822. The van der Waals surface area contributed by atoms with Gasteiger partial charge in [-0.25, -0.2) is 0 Å². The average Bonchev–Trinajstić information content (AvgIpc) is 2.57. The van der Waals surface area contributed by atoms with Crippen LogP contribution in [-0.2, 0) is 15.6 Å². The molecule has 0 spiro atoms. The minimum absolute atomic E-state index is 0.0822. The zero-order chi connectivity index (χ0) is 21.4. The Morgan fingerprint density at radius 3 is 2.11 bits per heavy atom. The topological polar surface area (TPSA) is 123 Å². The van der Waals surface area contributed by atoms with Crippen molar-refractivity contribution in [2.45, 2.75) is 83.0 Å². The van der Waals surface area contributed by atoms with Gasteiger partial charge in [0.05, 0.1) is 6.61 Å². The van der Waals surface area contributed by atoms with Crippen LogP contribution in [0.1, 0.15) is 58.2 Å². The number of hydrogen-bond acceptors (Lipinski definition) is 7. The van der Waals surface area contributed by atoms with Crippen LogP contribution in [0, 0.1) is 0 Å². The summed E-state index contributed by atoms with van der Waals surface area (Å²) in [4.78, 5) is 4.19. The van der Waals surface area contributed by atoms with Gasteiger partial charge in [0.25, 0.3) is 0 Å². The minimum Gasteiger partial charge on any atom is -0.507 e. The van der Waals surface area contributed by atoms with E-state index in [1.807, 2.05) is 32.9 Å². The van der Waals surface area contributed by atoms with Gasteiger partial charge in [0.2, 0.25) is 0 Å². The van der Waals surface area contributed by atoms with Crippen molar-refractivity contribution in [3.05, 3.63) is 28.8 Å². The molecule has 2 rings (SSSR count). The smallest absolute Gasteiger partial charge is 0.180 e. The standard InChI is InChI=1S/C21H33NO6/c1-20(2,3)12-7-11(16(24)13(8-12)21(4,5)6)9-22-15-18(26)17(25)14(10-23)28-19(15)27/h7-9,14-15,17-19,23-27H,10H2,1-6H3/t14-,15?,17+,18?,19+/m0/s1. The second-order valence-electron chi connectivity index (χ2n) is 9.46. The number of nitrogens with zero attached hydrogens (tertiary/aromatic N) is 1. The van der Waals surface area contributed by atoms with E-state index in [1.165, 1.54) is 6.21 Å². The predicted octanol–water partition coefficient (Wildman–Crippen LogP) is 1.21. The molecule has 0 aromatic heterocycles. The molecule has 5 N–H and O–H groups in total. The molecule has 1 aliphatic heterocycles. The van der Waals surface area contributed by atoms with Crippen molar-refractivity contribution in [1.82, 2.24) is 0 Å². The van der Waals surface area contributed by atoms with Crippen molar-refractivity contribution in [1.29, 1.82) is 0 Å².